The van der Waals surface area contributed by atoms with Gasteiger partial charge in [0, 0.05) is 30.5 Å². The lowest BCUT2D eigenvalue weighted by Crippen LogP contribution is -2.27. The third-order valence-electron chi connectivity index (χ3n) is 5.85. The molecule has 174 valence electrons. The number of aromatic amines is 1. The summed E-state index contributed by atoms with van der Waals surface area (Å²) in [6.45, 7) is 3.51. The number of ketones is 1. The zero-order valence-corrected chi connectivity index (χ0v) is 19.7. The highest BCUT2D eigenvalue weighted by Crippen LogP contribution is 2.27. The number of nitrogens with one attached hydrogen (secondary N) is 1. The molecule has 3 aromatic rings. The maximum atomic E-state index is 13.5. The molecule has 1 saturated heterocycles. The molecule has 0 bridgehead atoms. The Morgan fingerprint density at radius 3 is 2.55 bits per heavy atom. The third kappa shape index (κ3) is 5.01. The number of thioether (sulfide) groups is 1. The third-order valence-corrected chi connectivity index (χ3v) is 6.78. The van der Waals surface area contributed by atoms with Crippen molar-refractivity contribution in [3.05, 3.63) is 59.4 Å². The maximum Gasteiger partial charge on any atom is 0.270 e. The number of carbonyl (C=O) groups excluding carboxylic acids is 2. The number of H-pyrrole nitrogens is 1. The molecule has 1 aromatic carbocycles. The number of benzene rings is 1. The second-order valence-corrected chi connectivity index (χ2v) is 9.25. The van der Waals surface area contributed by atoms with Gasteiger partial charge in [0.15, 0.2) is 16.8 Å². The first-order valence-electron chi connectivity index (χ1n) is 10.9. The van der Waals surface area contributed by atoms with E-state index in [2.05, 4.69) is 15.2 Å². The minimum atomic E-state index is -0.329. The van der Waals surface area contributed by atoms with Gasteiger partial charge in [0.1, 0.15) is 11.5 Å². The predicted octanol–water partition coefficient (Wildman–Crippen LogP) is 3.57. The Balaban J connectivity index is 1.51. The lowest BCUT2D eigenvalue weighted by Gasteiger charge is -2.20. The molecule has 0 saturated carbocycles. The van der Waals surface area contributed by atoms with Gasteiger partial charge in [-0.1, -0.05) is 11.8 Å². The number of Topliss-reactive ketones (excluding diaryl/α,β-unsaturated/α-hetero) is 1. The van der Waals surface area contributed by atoms with Gasteiger partial charge < -0.3 is 9.88 Å². The summed E-state index contributed by atoms with van der Waals surface area (Å²) >= 11 is 1.26. The number of hydrogen-bond acceptors (Lipinski definition) is 6. The second-order valence-electron chi connectivity index (χ2n) is 8.31. The van der Waals surface area contributed by atoms with Crippen LogP contribution in [0.4, 0.5) is 4.39 Å². The highest BCUT2D eigenvalue weighted by molar-refractivity contribution is 7.99. The van der Waals surface area contributed by atoms with Crippen molar-refractivity contribution in [2.45, 2.75) is 31.0 Å². The second kappa shape index (κ2) is 9.88. The van der Waals surface area contributed by atoms with E-state index in [1.807, 2.05) is 30.5 Å². The highest BCUT2D eigenvalue weighted by Gasteiger charge is 2.24. The van der Waals surface area contributed by atoms with Crippen molar-refractivity contribution in [1.82, 2.24) is 29.5 Å². The van der Waals surface area contributed by atoms with Crippen LogP contribution in [0.5, 0.6) is 0 Å². The van der Waals surface area contributed by atoms with Gasteiger partial charge in [-0.3, -0.25) is 19.1 Å². The lowest BCUT2D eigenvalue weighted by atomic mass is 10.2. The average Bonchev–Trinajstić information content (AvgIpc) is 3.58. The van der Waals surface area contributed by atoms with Crippen molar-refractivity contribution in [3.63, 3.8) is 0 Å². The Morgan fingerprint density at radius 2 is 1.88 bits per heavy atom. The molecule has 0 aliphatic carbocycles. The highest BCUT2D eigenvalue weighted by atomic mass is 32.2. The van der Waals surface area contributed by atoms with E-state index in [4.69, 9.17) is 0 Å². The van der Waals surface area contributed by atoms with Gasteiger partial charge in [0.25, 0.3) is 5.91 Å². The molecule has 33 heavy (non-hydrogen) atoms. The van der Waals surface area contributed by atoms with Crippen LogP contribution in [-0.4, -0.2) is 74.2 Å². The summed E-state index contributed by atoms with van der Waals surface area (Å²) in [6, 6.07) is 7.68. The van der Waals surface area contributed by atoms with Crippen molar-refractivity contribution in [3.8, 4) is 5.69 Å². The SMILES string of the molecule is C[C@H](c1nnc(SCC(=O)c2c[nH]c(C(=O)N3CCCC3)c2)n1-c1ccc(F)cc1)N(C)C. The van der Waals surface area contributed by atoms with Gasteiger partial charge in [-0.05, 0) is 64.2 Å². The van der Waals surface area contributed by atoms with E-state index >= 15 is 0 Å². The standard InChI is InChI=1S/C23H27FN6O2S/c1-15(28(2)3)21-26-27-23(30(21)18-8-6-17(24)7-9-18)33-14-20(31)16-12-19(25-13-16)22(32)29-10-4-5-11-29/h6-9,12-13,15,25H,4-5,10-11,14H2,1-3H3/t15-/m1/s1. The fraction of sp³-hybridized carbons (Fsp3) is 0.391. The Hall–Kier alpha value is -2.98. The number of amides is 1. The van der Waals surface area contributed by atoms with E-state index in [0.29, 0.717) is 22.2 Å². The molecule has 0 unspecified atom stereocenters. The molecule has 8 nitrogen and oxygen atoms in total. The molecule has 1 atom stereocenters. The Morgan fingerprint density at radius 1 is 1.18 bits per heavy atom. The lowest BCUT2D eigenvalue weighted by molar-refractivity contribution is 0.0787. The number of carbonyl (C=O) groups is 2. The first kappa shape index (κ1) is 23.2. The van der Waals surface area contributed by atoms with E-state index in [1.165, 1.54) is 23.9 Å². The zero-order valence-electron chi connectivity index (χ0n) is 18.9. The van der Waals surface area contributed by atoms with Gasteiger partial charge in [0.2, 0.25) is 0 Å². The van der Waals surface area contributed by atoms with E-state index in [0.717, 1.165) is 31.6 Å². The molecule has 3 heterocycles. The number of aromatic nitrogens is 4. The first-order valence-corrected chi connectivity index (χ1v) is 11.8. The number of rotatable bonds is 8. The smallest absolute Gasteiger partial charge is 0.270 e. The summed E-state index contributed by atoms with van der Waals surface area (Å²) in [5.41, 5.74) is 1.61. The van der Waals surface area contributed by atoms with E-state index in [1.54, 1.807) is 29.3 Å². The van der Waals surface area contributed by atoms with Crippen molar-refractivity contribution >= 4 is 23.5 Å². The summed E-state index contributed by atoms with van der Waals surface area (Å²) in [6.07, 6.45) is 3.60. The number of halogens is 1. The Labute approximate surface area is 196 Å². The molecule has 1 fully saturated rings. The fourth-order valence-corrected chi connectivity index (χ4v) is 4.55. The van der Waals surface area contributed by atoms with Crippen LogP contribution >= 0.6 is 11.8 Å². The molecule has 0 spiro atoms. The molecule has 0 radical (unpaired) electrons. The van der Waals surface area contributed by atoms with E-state index < -0.39 is 0 Å². The van der Waals surface area contributed by atoms with Crippen molar-refractivity contribution in [1.29, 1.82) is 0 Å². The van der Waals surface area contributed by atoms with Crippen molar-refractivity contribution < 1.29 is 14.0 Å². The van der Waals surface area contributed by atoms with Crippen LogP contribution in [0.3, 0.4) is 0 Å². The van der Waals surface area contributed by atoms with Crippen LogP contribution in [0.15, 0.2) is 41.7 Å². The van der Waals surface area contributed by atoms with Crippen LogP contribution < -0.4 is 0 Å². The Kier molecular flexibility index (Phi) is 6.94. The molecule has 1 amide bonds. The van der Waals surface area contributed by atoms with Crippen LogP contribution in [0.25, 0.3) is 5.69 Å². The van der Waals surface area contributed by atoms with Crippen molar-refractivity contribution in [2.24, 2.45) is 0 Å². The van der Waals surface area contributed by atoms with Gasteiger partial charge in [-0.2, -0.15) is 0 Å². The Bertz CT molecular complexity index is 1130. The molecule has 4 rings (SSSR count). The largest absolute Gasteiger partial charge is 0.356 e. The van der Waals surface area contributed by atoms with Gasteiger partial charge in [0.05, 0.1) is 11.8 Å². The van der Waals surface area contributed by atoms with Gasteiger partial charge in [-0.15, -0.1) is 10.2 Å². The first-order chi connectivity index (χ1) is 15.8. The van der Waals surface area contributed by atoms with Crippen LogP contribution in [0.1, 0.15) is 52.5 Å². The van der Waals surface area contributed by atoms with E-state index in [-0.39, 0.29) is 29.3 Å². The minimum Gasteiger partial charge on any atom is -0.356 e. The zero-order chi connectivity index (χ0) is 23.5. The summed E-state index contributed by atoms with van der Waals surface area (Å²) in [7, 11) is 3.88. The van der Waals surface area contributed by atoms with Crippen molar-refractivity contribution in [2.75, 3.05) is 32.9 Å². The predicted molar refractivity (Wildman–Crippen MR) is 124 cm³/mol. The molecular formula is C23H27FN6O2S. The van der Waals surface area contributed by atoms with Crippen LogP contribution in [0.2, 0.25) is 0 Å². The molecule has 10 heteroatoms. The van der Waals surface area contributed by atoms with Gasteiger partial charge in [-0.25, -0.2) is 4.39 Å². The summed E-state index contributed by atoms with van der Waals surface area (Å²) in [5.74, 6) is 0.308. The monoisotopic (exact) mass is 470 g/mol. The molecular weight excluding hydrogens is 443 g/mol. The summed E-state index contributed by atoms with van der Waals surface area (Å²) in [5, 5.41) is 9.20. The maximum absolute atomic E-state index is 13.5. The summed E-state index contributed by atoms with van der Waals surface area (Å²) in [4.78, 5) is 32.1. The number of likely N-dealkylation sites (tertiary alicyclic amines) is 1. The van der Waals surface area contributed by atoms with Crippen LogP contribution in [-0.2, 0) is 0 Å². The summed E-state index contributed by atoms with van der Waals surface area (Å²) < 4.78 is 15.3. The minimum absolute atomic E-state index is 0.0450. The van der Waals surface area contributed by atoms with Crippen LogP contribution in [0, 0.1) is 5.82 Å². The van der Waals surface area contributed by atoms with Gasteiger partial charge >= 0.3 is 0 Å². The number of hydrogen-bond donors (Lipinski definition) is 1. The average molecular weight is 471 g/mol. The number of nitrogens with zero attached hydrogens (tertiary/aromatic N) is 5. The molecule has 1 aliphatic heterocycles. The topological polar surface area (TPSA) is 87.1 Å². The van der Waals surface area contributed by atoms with E-state index in [9.17, 15) is 14.0 Å². The quantitative estimate of drug-likeness (QED) is 0.400. The molecule has 1 aliphatic rings. The normalized spacial score (nSPS) is 14.8. The molecule has 2 aromatic heterocycles. The molecule has 1 N–H and O–H groups in total. The fourth-order valence-electron chi connectivity index (χ4n) is 3.69.